The molecular formula is C22H27N7. The average molecular weight is 390 g/mol. The van der Waals surface area contributed by atoms with E-state index in [0.29, 0.717) is 5.95 Å². The number of hydrogen-bond donors (Lipinski definition) is 2. The first kappa shape index (κ1) is 19.1. The van der Waals surface area contributed by atoms with E-state index in [-0.39, 0.29) is 5.95 Å². The molecule has 4 rings (SSSR count). The highest BCUT2D eigenvalue weighted by atomic mass is 15.3. The van der Waals surface area contributed by atoms with Gasteiger partial charge in [0.2, 0.25) is 11.9 Å². The molecule has 150 valence electrons. The van der Waals surface area contributed by atoms with Crippen LogP contribution >= 0.6 is 0 Å². The molecule has 0 atom stereocenters. The van der Waals surface area contributed by atoms with Crippen LogP contribution in [-0.2, 0) is 6.42 Å². The Bertz CT molecular complexity index is 937. The summed E-state index contributed by atoms with van der Waals surface area (Å²) in [6.07, 6.45) is 0.751. The highest BCUT2D eigenvalue weighted by Crippen LogP contribution is 2.18. The summed E-state index contributed by atoms with van der Waals surface area (Å²) in [6.45, 7) is 7.08. The maximum Gasteiger partial charge on any atom is 0.232 e. The lowest BCUT2D eigenvalue weighted by molar-refractivity contribution is 0.259. The summed E-state index contributed by atoms with van der Waals surface area (Å²) < 4.78 is 0. The van der Waals surface area contributed by atoms with E-state index in [2.05, 4.69) is 60.4 Å². The number of nitrogen functional groups attached to an aromatic ring is 1. The molecule has 0 radical (unpaired) electrons. The summed E-state index contributed by atoms with van der Waals surface area (Å²) in [4.78, 5) is 18.0. The van der Waals surface area contributed by atoms with Crippen molar-refractivity contribution in [3.05, 3.63) is 66.0 Å². The molecule has 3 aromatic rings. The molecule has 0 amide bonds. The van der Waals surface area contributed by atoms with Crippen LogP contribution in [0.15, 0.2) is 54.6 Å². The highest BCUT2D eigenvalue weighted by molar-refractivity contribution is 5.58. The first-order valence-corrected chi connectivity index (χ1v) is 10.0. The van der Waals surface area contributed by atoms with Crippen molar-refractivity contribution in [1.29, 1.82) is 0 Å². The Hall–Kier alpha value is -3.19. The monoisotopic (exact) mass is 389 g/mol. The zero-order valence-corrected chi connectivity index (χ0v) is 16.8. The quantitative estimate of drug-likeness (QED) is 0.671. The minimum Gasteiger partial charge on any atom is -0.369 e. The predicted molar refractivity (Wildman–Crippen MR) is 118 cm³/mol. The van der Waals surface area contributed by atoms with Gasteiger partial charge in [0.05, 0.1) is 0 Å². The number of benzene rings is 2. The molecule has 0 unspecified atom stereocenters. The Morgan fingerprint density at radius 3 is 2.38 bits per heavy atom. The van der Waals surface area contributed by atoms with Crippen molar-refractivity contribution in [3.63, 3.8) is 0 Å². The van der Waals surface area contributed by atoms with Gasteiger partial charge in [-0.1, -0.05) is 36.4 Å². The molecule has 1 aromatic heterocycles. The Balaban J connectivity index is 1.33. The fraction of sp³-hybridized carbons (Fsp3) is 0.318. The van der Waals surface area contributed by atoms with Crippen molar-refractivity contribution >= 4 is 23.3 Å². The van der Waals surface area contributed by atoms with Gasteiger partial charge < -0.3 is 16.0 Å². The molecule has 1 aliphatic rings. The minimum absolute atomic E-state index is 0.250. The van der Waals surface area contributed by atoms with Crippen LogP contribution in [0.4, 0.5) is 23.3 Å². The third-order valence-electron chi connectivity index (χ3n) is 5.24. The smallest absolute Gasteiger partial charge is 0.232 e. The van der Waals surface area contributed by atoms with Gasteiger partial charge in [0, 0.05) is 50.5 Å². The first-order chi connectivity index (χ1) is 14.2. The molecule has 7 nitrogen and oxygen atoms in total. The fourth-order valence-corrected chi connectivity index (χ4v) is 3.57. The van der Waals surface area contributed by atoms with Crippen molar-refractivity contribution in [2.45, 2.75) is 13.3 Å². The second-order valence-corrected chi connectivity index (χ2v) is 7.29. The third kappa shape index (κ3) is 5.00. The van der Waals surface area contributed by atoms with E-state index in [4.69, 9.17) is 5.73 Å². The van der Waals surface area contributed by atoms with E-state index >= 15 is 0 Å². The zero-order chi connectivity index (χ0) is 20.1. The maximum absolute atomic E-state index is 5.92. The molecular weight excluding hydrogens is 362 g/mol. The number of para-hydroxylation sites is 2. The van der Waals surface area contributed by atoms with Crippen molar-refractivity contribution in [2.24, 2.45) is 0 Å². The highest BCUT2D eigenvalue weighted by Gasteiger charge is 2.17. The molecule has 0 bridgehead atoms. The maximum atomic E-state index is 5.92. The molecule has 1 aliphatic heterocycles. The molecule has 2 aromatic carbocycles. The minimum atomic E-state index is 0.250. The topological polar surface area (TPSA) is 83.2 Å². The first-order valence-electron chi connectivity index (χ1n) is 10.0. The van der Waals surface area contributed by atoms with Gasteiger partial charge in [0.15, 0.2) is 0 Å². The van der Waals surface area contributed by atoms with Gasteiger partial charge in [-0.2, -0.15) is 15.0 Å². The number of nitrogens with one attached hydrogen (secondary N) is 1. The third-order valence-corrected chi connectivity index (χ3v) is 5.24. The number of hydrogen-bond acceptors (Lipinski definition) is 7. The van der Waals surface area contributed by atoms with Gasteiger partial charge >= 0.3 is 0 Å². The summed E-state index contributed by atoms with van der Waals surface area (Å²) in [5, 5.41) is 3.25. The van der Waals surface area contributed by atoms with Crippen LogP contribution < -0.4 is 16.0 Å². The number of nitrogens with zero attached hydrogens (tertiary/aromatic N) is 5. The summed E-state index contributed by atoms with van der Waals surface area (Å²) in [5.74, 6) is 1.47. The number of anilines is 4. The number of aryl methyl sites for hydroxylation is 1. The second kappa shape index (κ2) is 8.87. The Labute approximate surface area is 171 Å². The van der Waals surface area contributed by atoms with Gasteiger partial charge in [-0.3, -0.25) is 4.90 Å². The summed E-state index contributed by atoms with van der Waals surface area (Å²) in [7, 11) is 0. The van der Waals surface area contributed by atoms with Crippen LogP contribution in [-0.4, -0.2) is 52.6 Å². The molecule has 2 heterocycles. The zero-order valence-electron chi connectivity index (χ0n) is 16.8. The molecule has 3 N–H and O–H groups in total. The number of piperazine rings is 1. The summed E-state index contributed by atoms with van der Waals surface area (Å²) >= 11 is 0. The van der Waals surface area contributed by atoms with Crippen LogP contribution in [0, 0.1) is 6.92 Å². The van der Waals surface area contributed by atoms with Gasteiger partial charge in [-0.05, 0) is 30.7 Å². The van der Waals surface area contributed by atoms with Gasteiger partial charge in [0.1, 0.15) is 5.82 Å². The number of nitrogens with two attached hydrogens (primary N) is 1. The van der Waals surface area contributed by atoms with E-state index in [0.717, 1.165) is 56.2 Å². The summed E-state index contributed by atoms with van der Waals surface area (Å²) in [6, 6.07) is 18.6. The average Bonchev–Trinajstić information content (AvgIpc) is 2.75. The van der Waals surface area contributed by atoms with E-state index in [1.165, 1.54) is 5.69 Å². The molecule has 0 aliphatic carbocycles. The van der Waals surface area contributed by atoms with Gasteiger partial charge in [-0.25, -0.2) is 0 Å². The van der Waals surface area contributed by atoms with Gasteiger partial charge in [0.25, 0.3) is 0 Å². The van der Waals surface area contributed by atoms with Crippen LogP contribution in [0.25, 0.3) is 0 Å². The van der Waals surface area contributed by atoms with Crippen molar-refractivity contribution < 1.29 is 0 Å². The molecule has 0 spiro atoms. The lowest BCUT2D eigenvalue weighted by atomic mass is 10.2. The molecule has 0 saturated carbocycles. The second-order valence-electron chi connectivity index (χ2n) is 7.29. The van der Waals surface area contributed by atoms with E-state index in [1.54, 1.807) is 0 Å². The molecule has 7 heteroatoms. The lowest BCUT2D eigenvalue weighted by Gasteiger charge is -2.36. The Kier molecular flexibility index (Phi) is 5.86. The standard InChI is InChI=1S/C22H27N7/c1-17-7-5-6-10-19(17)24-22-26-20(25-21(23)27-22)11-12-28-13-15-29(16-14-28)18-8-3-2-4-9-18/h2-10H,11-16H2,1H3,(H3,23,24,25,26,27). The van der Waals surface area contributed by atoms with Crippen LogP contribution in [0.1, 0.15) is 11.4 Å². The summed E-state index contributed by atoms with van der Waals surface area (Å²) in [5.41, 5.74) is 9.32. The van der Waals surface area contributed by atoms with Crippen LogP contribution in [0.3, 0.4) is 0 Å². The van der Waals surface area contributed by atoms with Crippen molar-refractivity contribution in [1.82, 2.24) is 19.9 Å². The van der Waals surface area contributed by atoms with E-state index < -0.39 is 0 Å². The van der Waals surface area contributed by atoms with Crippen molar-refractivity contribution in [3.8, 4) is 0 Å². The van der Waals surface area contributed by atoms with Gasteiger partial charge in [-0.15, -0.1) is 0 Å². The van der Waals surface area contributed by atoms with Crippen LogP contribution in [0.5, 0.6) is 0 Å². The molecule has 29 heavy (non-hydrogen) atoms. The Morgan fingerprint density at radius 1 is 0.897 bits per heavy atom. The van der Waals surface area contributed by atoms with E-state index in [1.807, 2.05) is 31.2 Å². The Morgan fingerprint density at radius 2 is 1.62 bits per heavy atom. The van der Waals surface area contributed by atoms with E-state index in [9.17, 15) is 0 Å². The fourth-order valence-electron chi connectivity index (χ4n) is 3.57. The normalized spacial score (nSPS) is 14.7. The molecule has 1 saturated heterocycles. The van der Waals surface area contributed by atoms with Crippen LogP contribution in [0.2, 0.25) is 0 Å². The van der Waals surface area contributed by atoms with Crippen molar-refractivity contribution in [2.75, 3.05) is 48.7 Å². The SMILES string of the molecule is Cc1ccccc1Nc1nc(N)nc(CCN2CCN(c3ccccc3)CC2)n1. The predicted octanol–water partition coefficient (Wildman–Crippen LogP) is 2.87. The lowest BCUT2D eigenvalue weighted by Crippen LogP contribution is -2.47. The molecule has 1 fully saturated rings. The number of aromatic nitrogens is 3. The number of rotatable bonds is 6. The largest absolute Gasteiger partial charge is 0.369 e.